The van der Waals surface area contributed by atoms with Crippen LogP contribution in [-0.2, 0) is 4.74 Å². The van der Waals surface area contributed by atoms with E-state index in [1.165, 1.54) is 0 Å². The maximum atomic E-state index is 11.9. The smallest absolute Gasteiger partial charge is 0.251 e. The van der Waals surface area contributed by atoms with Crippen LogP contribution in [0.2, 0.25) is 0 Å². The van der Waals surface area contributed by atoms with Gasteiger partial charge in [-0.3, -0.25) is 9.79 Å². The third kappa shape index (κ3) is 10.4. The van der Waals surface area contributed by atoms with Gasteiger partial charge in [0, 0.05) is 45.5 Å². The summed E-state index contributed by atoms with van der Waals surface area (Å²) < 4.78 is 5.29. The Balaban J connectivity index is 0.00000529. The first kappa shape index (κ1) is 22.6. The Morgan fingerprint density at radius 1 is 1.04 bits per heavy atom. The van der Waals surface area contributed by atoms with Crippen molar-refractivity contribution < 1.29 is 9.53 Å². The standard InChI is InChI=1S/C17H28N4O2.HI/c1-3-23-14-8-7-11-20-17(18-2)21-13-12-19-16(22)15-9-5-4-6-10-15;/h4-6,9-10H,3,7-8,11-14H2,1-2H3,(H,19,22)(H2,18,20,21);1H. The monoisotopic (exact) mass is 448 g/mol. The lowest BCUT2D eigenvalue weighted by atomic mass is 10.2. The number of nitrogens with one attached hydrogen (secondary N) is 3. The lowest BCUT2D eigenvalue weighted by Gasteiger charge is -2.12. The van der Waals surface area contributed by atoms with Crippen LogP contribution in [0.5, 0.6) is 0 Å². The van der Waals surface area contributed by atoms with Gasteiger partial charge in [0.15, 0.2) is 5.96 Å². The maximum Gasteiger partial charge on any atom is 0.251 e. The molecule has 24 heavy (non-hydrogen) atoms. The number of hydrogen-bond acceptors (Lipinski definition) is 3. The van der Waals surface area contributed by atoms with Crippen LogP contribution in [-0.4, -0.2) is 51.8 Å². The maximum absolute atomic E-state index is 11.9. The number of hydrogen-bond donors (Lipinski definition) is 3. The lowest BCUT2D eigenvalue weighted by molar-refractivity contribution is 0.0954. The summed E-state index contributed by atoms with van der Waals surface area (Å²) >= 11 is 0. The Morgan fingerprint density at radius 2 is 1.71 bits per heavy atom. The molecule has 1 amide bonds. The number of rotatable bonds is 10. The van der Waals surface area contributed by atoms with E-state index < -0.39 is 0 Å². The third-order valence-corrected chi connectivity index (χ3v) is 3.17. The van der Waals surface area contributed by atoms with Gasteiger partial charge in [-0.2, -0.15) is 0 Å². The molecule has 0 aliphatic carbocycles. The molecule has 136 valence electrons. The van der Waals surface area contributed by atoms with E-state index in [0.29, 0.717) is 18.7 Å². The fourth-order valence-electron chi connectivity index (χ4n) is 1.95. The quantitative estimate of drug-likeness (QED) is 0.222. The van der Waals surface area contributed by atoms with Gasteiger partial charge in [-0.05, 0) is 31.9 Å². The number of ether oxygens (including phenoxy) is 1. The van der Waals surface area contributed by atoms with Crippen molar-refractivity contribution in [3.05, 3.63) is 35.9 Å². The number of aliphatic imine (C=N–C) groups is 1. The molecular formula is C17H29IN4O2. The average Bonchev–Trinajstić information content (AvgIpc) is 2.60. The molecule has 0 aromatic heterocycles. The highest BCUT2D eigenvalue weighted by Crippen LogP contribution is 1.96. The third-order valence-electron chi connectivity index (χ3n) is 3.17. The summed E-state index contributed by atoms with van der Waals surface area (Å²) in [5, 5.41) is 9.28. The number of guanidine groups is 1. The van der Waals surface area contributed by atoms with E-state index in [9.17, 15) is 4.79 Å². The number of carbonyl (C=O) groups is 1. The van der Waals surface area contributed by atoms with Gasteiger partial charge >= 0.3 is 0 Å². The second-order valence-electron chi connectivity index (χ2n) is 4.95. The zero-order valence-electron chi connectivity index (χ0n) is 14.5. The van der Waals surface area contributed by atoms with Gasteiger partial charge in [0.05, 0.1) is 0 Å². The van der Waals surface area contributed by atoms with E-state index in [0.717, 1.165) is 38.6 Å². The first-order valence-electron chi connectivity index (χ1n) is 8.13. The molecule has 0 spiro atoms. The summed E-state index contributed by atoms with van der Waals surface area (Å²) in [6.07, 6.45) is 2.07. The van der Waals surface area contributed by atoms with E-state index in [2.05, 4.69) is 20.9 Å². The number of nitrogens with zero attached hydrogens (tertiary/aromatic N) is 1. The zero-order chi connectivity index (χ0) is 16.8. The van der Waals surface area contributed by atoms with Crippen molar-refractivity contribution in [2.24, 2.45) is 4.99 Å². The van der Waals surface area contributed by atoms with Gasteiger partial charge in [-0.15, -0.1) is 24.0 Å². The molecule has 7 heteroatoms. The van der Waals surface area contributed by atoms with Crippen molar-refractivity contribution >= 4 is 35.8 Å². The summed E-state index contributed by atoms with van der Waals surface area (Å²) in [5.74, 6) is 0.682. The van der Waals surface area contributed by atoms with Gasteiger partial charge in [-0.1, -0.05) is 18.2 Å². The van der Waals surface area contributed by atoms with Gasteiger partial charge < -0.3 is 20.7 Å². The van der Waals surface area contributed by atoms with Gasteiger partial charge in [0.25, 0.3) is 5.91 Å². The van der Waals surface area contributed by atoms with Crippen LogP contribution in [0.25, 0.3) is 0 Å². The molecule has 0 heterocycles. The molecule has 1 rings (SSSR count). The van der Waals surface area contributed by atoms with Crippen LogP contribution in [0.3, 0.4) is 0 Å². The highest BCUT2D eigenvalue weighted by atomic mass is 127. The fourth-order valence-corrected chi connectivity index (χ4v) is 1.95. The van der Waals surface area contributed by atoms with Crippen molar-refractivity contribution in [3.63, 3.8) is 0 Å². The minimum absolute atomic E-state index is 0. The number of benzene rings is 1. The summed E-state index contributed by atoms with van der Waals surface area (Å²) in [6.45, 7) is 5.58. The van der Waals surface area contributed by atoms with Crippen LogP contribution in [0.1, 0.15) is 30.1 Å². The summed E-state index contributed by atoms with van der Waals surface area (Å²) in [7, 11) is 1.73. The minimum Gasteiger partial charge on any atom is -0.382 e. The molecule has 0 unspecified atom stereocenters. The van der Waals surface area contributed by atoms with Crippen LogP contribution >= 0.6 is 24.0 Å². The van der Waals surface area contributed by atoms with Crippen molar-refractivity contribution in [2.75, 3.05) is 39.9 Å². The summed E-state index contributed by atoms with van der Waals surface area (Å²) in [4.78, 5) is 16.0. The molecule has 3 N–H and O–H groups in total. The second-order valence-corrected chi connectivity index (χ2v) is 4.95. The van der Waals surface area contributed by atoms with Crippen LogP contribution in [0.4, 0.5) is 0 Å². The predicted octanol–water partition coefficient (Wildman–Crippen LogP) is 2.02. The van der Waals surface area contributed by atoms with E-state index in [1.54, 1.807) is 19.2 Å². The van der Waals surface area contributed by atoms with E-state index in [4.69, 9.17) is 4.74 Å². The topological polar surface area (TPSA) is 74.8 Å². The Hall–Kier alpha value is -1.35. The first-order valence-corrected chi connectivity index (χ1v) is 8.13. The fraction of sp³-hybridized carbons (Fsp3) is 0.529. The van der Waals surface area contributed by atoms with E-state index in [1.807, 2.05) is 25.1 Å². The van der Waals surface area contributed by atoms with Crippen molar-refractivity contribution in [2.45, 2.75) is 19.8 Å². The molecule has 1 aromatic carbocycles. The molecule has 0 radical (unpaired) electrons. The molecule has 0 fully saturated rings. The van der Waals surface area contributed by atoms with Crippen molar-refractivity contribution in [1.29, 1.82) is 0 Å². The van der Waals surface area contributed by atoms with Gasteiger partial charge in [-0.25, -0.2) is 0 Å². The van der Waals surface area contributed by atoms with E-state index >= 15 is 0 Å². The number of amides is 1. The van der Waals surface area contributed by atoms with E-state index in [-0.39, 0.29) is 29.9 Å². The lowest BCUT2D eigenvalue weighted by Crippen LogP contribution is -2.41. The highest BCUT2D eigenvalue weighted by molar-refractivity contribution is 14.0. The molecule has 0 aliphatic rings. The Kier molecular flexibility index (Phi) is 14.3. The first-order chi connectivity index (χ1) is 11.3. The number of unbranched alkanes of at least 4 members (excludes halogenated alkanes) is 1. The molecule has 1 aromatic rings. The highest BCUT2D eigenvalue weighted by Gasteiger charge is 2.03. The average molecular weight is 448 g/mol. The van der Waals surface area contributed by atoms with Crippen molar-refractivity contribution in [3.8, 4) is 0 Å². The van der Waals surface area contributed by atoms with Crippen LogP contribution in [0.15, 0.2) is 35.3 Å². The minimum atomic E-state index is -0.0636. The summed E-state index contributed by atoms with van der Waals surface area (Å²) in [6, 6.07) is 9.19. The molecular weight excluding hydrogens is 419 g/mol. The SMILES string of the molecule is CCOCCCCNC(=NC)NCCNC(=O)c1ccccc1.I. The molecule has 6 nitrogen and oxygen atoms in total. The number of carbonyl (C=O) groups excluding carboxylic acids is 1. The van der Waals surface area contributed by atoms with Crippen molar-refractivity contribution in [1.82, 2.24) is 16.0 Å². The summed E-state index contributed by atoms with van der Waals surface area (Å²) in [5.41, 5.74) is 0.671. The van der Waals surface area contributed by atoms with Gasteiger partial charge in [0.2, 0.25) is 0 Å². The van der Waals surface area contributed by atoms with Crippen LogP contribution in [0, 0.1) is 0 Å². The molecule has 0 atom stereocenters. The number of halogens is 1. The largest absolute Gasteiger partial charge is 0.382 e. The Bertz CT molecular complexity index is 469. The molecule has 0 bridgehead atoms. The second kappa shape index (κ2) is 15.2. The molecule has 0 saturated carbocycles. The molecule has 0 saturated heterocycles. The zero-order valence-corrected chi connectivity index (χ0v) is 16.8. The van der Waals surface area contributed by atoms with Crippen LogP contribution < -0.4 is 16.0 Å². The Morgan fingerprint density at radius 3 is 2.38 bits per heavy atom. The predicted molar refractivity (Wildman–Crippen MR) is 109 cm³/mol. The normalized spacial score (nSPS) is 10.7. The molecule has 0 aliphatic heterocycles. The van der Waals surface area contributed by atoms with Gasteiger partial charge in [0.1, 0.15) is 0 Å². The Labute approximate surface area is 161 Å².